The lowest BCUT2D eigenvalue weighted by molar-refractivity contribution is 0.580. The maximum atomic E-state index is 5.58. The molecule has 0 amide bonds. The van der Waals surface area contributed by atoms with Crippen molar-refractivity contribution >= 4 is 11.3 Å². The normalized spacial score (nSPS) is 19.0. The summed E-state index contributed by atoms with van der Waals surface area (Å²) < 4.78 is 5.58. The van der Waals surface area contributed by atoms with Gasteiger partial charge in [-0.15, -0.1) is 11.3 Å². The van der Waals surface area contributed by atoms with Crippen LogP contribution in [0.15, 0.2) is 16.7 Å². The SMILES string of the molecule is Cc1ccoc1-c1nc(C2CC2)c(CNC2CC2)s1. The first-order valence-electron chi connectivity index (χ1n) is 7.08. The maximum Gasteiger partial charge on any atom is 0.165 e. The van der Waals surface area contributed by atoms with Crippen molar-refractivity contribution < 1.29 is 4.42 Å². The summed E-state index contributed by atoms with van der Waals surface area (Å²) in [6, 6.07) is 2.76. The Labute approximate surface area is 117 Å². The number of nitrogens with zero attached hydrogens (tertiary/aromatic N) is 1. The molecule has 0 bridgehead atoms. The summed E-state index contributed by atoms with van der Waals surface area (Å²) in [5, 5.41) is 4.66. The Morgan fingerprint density at radius 1 is 1.37 bits per heavy atom. The first-order valence-corrected chi connectivity index (χ1v) is 7.90. The molecule has 2 fully saturated rings. The number of aryl methyl sites for hydroxylation is 1. The quantitative estimate of drug-likeness (QED) is 0.900. The molecule has 19 heavy (non-hydrogen) atoms. The highest BCUT2D eigenvalue weighted by molar-refractivity contribution is 7.15. The Bertz CT molecular complexity index is 593. The first kappa shape index (κ1) is 11.7. The summed E-state index contributed by atoms with van der Waals surface area (Å²) in [6.07, 6.45) is 7.03. The van der Waals surface area contributed by atoms with Crippen LogP contribution in [0.1, 0.15) is 47.7 Å². The molecule has 100 valence electrons. The van der Waals surface area contributed by atoms with Crippen LogP contribution in [0.25, 0.3) is 10.8 Å². The molecule has 2 heterocycles. The Kier molecular flexibility index (Phi) is 2.74. The Hall–Kier alpha value is -1.13. The number of thiazole rings is 1. The van der Waals surface area contributed by atoms with Gasteiger partial charge in [-0.2, -0.15) is 0 Å². The van der Waals surface area contributed by atoms with Crippen LogP contribution in [-0.4, -0.2) is 11.0 Å². The molecule has 0 aromatic carbocycles. The fraction of sp³-hybridized carbons (Fsp3) is 0.533. The molecular weight excluding hydrogens is 256 g/mol. The van der Waals surface area contributed by atoms with Crippen molar-refractivity contribution in [3.63, 3.8) is 0 Å². The van der Waals surface area contributed by atoms with E-state index in [4.69, 9.17) is 9.40 Å². The van der Waals surface area contributed by atoms with Crippen LogP contribution in [-0.2, 0) is 6.54 Å². The van der Waals surface area contributed by atoms with E-state index in [1.165, 1.54) is 41.8 Å². The minimum atomic E-state index is 0.705. The molecule has 0 aliphatic heterocycles. The molecule has 4 heteroatoms. The molecular formula is C15H18N2OS. The molecule has 2 aliphatic rings. The van der Waals surface area contributed by atoms with Gasteiger partial charge >= 0.3 is 0 Å². The van der Waals surface area contributed by atoms with E-state index in [1.807, 2.05) is 6.07 Å². The fourth-order valence-corrected chi connectivity index (χ4v) is 3.53. The number of nitrogens with one attached hydrogen (secondary N) is 1. The van der Waals surface area contributed by atoms with Crippen LogP contribution in [0, 0.1) is 6.92 Å². The average Bonchev–Trinajstić information content (AvgIpc) is 3.32. The van der Waals surface area contributed by atoms with Crippen molar-refractivity contribution in [1.82, 2.24) is 10.3 Å². The second-order valence-corrected chi connectivity index (χ2v) is 6.77. The van der Waals surface area contributed by atoms with E-state index in [2.05, 4.69) is 12.2 Å². The standard InChI is InChI=1S/C15H18N2OS/c1-9-6-7-18-14(9)15-17-13(10-2-3-10)12(19-15)8-16-11-4-5-11/h6-7,10-11,16H,2-5,8H2,1H3. The van der Waals surface area contributed by atoms with Gasteiger partial charge in [-0.05, 0) is 44.2 Å². The molecule has 2 saturated carbocycles. The lowest BCUT2D eigenvalue weighted by Crippen LogP contribution is -2.15. The average molecular weight is 274 g/mol. The summed E-state index contributed by atoms with van der Waals surface area (Å²) in [5.41, 5.74) is 2.50. The van der Waals surface area contributed by atoms with E-state index < -0.39 is 0 Å². The second kappa shape index (κ2) is 4.46. The largest absolute Gasteiger partial charge is 0.462 e. The van der Waals surface area contributed by atoms with Crippen LogP contribution in [0.5, 0.6) is 0 Å². The van der Waals surface area contributed by atoms with E-state index in [1.54, 1.807) is 17.6 Å². The highest BCUT2D eigenvalue weighted by Gasteiger charge is 2.31. The van der Waals surface area contributed by atoms with Crippen molar-refractivity contribution in [1.29, 1.82) is 0 Å². The molecule has 4 rings (SSSR count). The van der Waals surface area contributed by atoms with Crippen molar-refractivity contribution in [2.24, 2.45) is 0 Å². The first-order chi connectivity index (χ1) is 9.31. The van der Waals surface area contributed by atoms with Crippen LogP contribution in [0.3, 0.4) is 0 Å². The summed E-state index contributed by atoms with van der Waals surface area (Å²) in [7, 11) is 0. The number of hydrogen-bond acceptors (Lipinski definition) is 4. The molecule has 3 nitrogen and oxygen atoms in total. The molecule has 0 atom stereocenters. The fourth-order valence-electron chi connectivity index (χ4n) is 2.38. The Balaban J connectivity index is 1.64. The van der Waals surface area contributed by atoms with E-state index in [9.17, 15) is 0 Å². The highest BCUT2D eigenvalue weighted by atomic mass is 32.1. The van der Waals surface area contributed by atoms with E-state index >= 15 is 0 Å². The van der Waals surface area contributed by atoms with Crippen molar-refractivity contribution in [3.8, 4) is 10.8 Å². The van der Waals surface area contributed by atoms with E-state index in [0.29, 0.717) is 5.92 Å². The Morgan fingerprint density at radius 3 is 2.84 bits per heavy atom. The number of furan rings is 1. The van der Waals surface area contributed by atoms with E-state index in [-0.39, 0.29) is 0 Å². The van der Waals surface area contributed by atoms with Gasteiger partial charge in [0.15, 0.2) is 10.8 Å². The molecule has 2 aromatic heterocycles. The zero-order valence-electron chi connectivity index (χ0n) is 11.1. The zero-order chi connectivity index (χ0) is 12.8. The lowest BCUT2D eigenvalue weighted by atomic mass is 10.2. The number of hydrogen-bond donors (Lipinski definition) is 1. The third-order valence-electron chi connectivity index (χ3n) is 3.88. The van der Waals surface area contributed by atoms with Crippen molar-refractivity contribution in [3.05, 3.63) is 28.5 Å². The van der Waals surface area contributed by atoms with Gasteiger partial charge in [-0.25, -0.2) is 4.98 Å². The lowest BCUT2D eigenvalue weighted by Gasteiger charge is -2.01. The van der Waals surface area contributed by atoms with Gasteiger partial charge in [0.05, 0.1) is 12.0 Å². The van der Waals surface area contributed by atoms with Gasteiger partial charge in [-0.1, -0.05) is 0 Å². The van der Waals surface area contributed by atoms with Crippen molar-refractivity contribution in [2.45, 2.75) is 51.1 Å². The van der Waals surface area contributed by atoms with Crippen molar-refractivity contribution in [2.75, 3.05) is 0 Å². The van der Waals surface area contributed by atoms with Crippen LogP contribution < -0.4 is 5.32 Å². The zero-order valence-corrected chi connectivity index (χ0v) is 11.9. The van der Waals surface area contributed by atoms with Gasteiger partial charge < -0.3 is 9.73 Å². The van der Waals surface area contributed by atoms with Crippen LogP contribution >= 0.6 is 11.3 Å². The summed E-state index contributed by atoms with van der Waals surface area (Å²) in [6.45, 7) is 3.06. The third-order valence-corrected chi connectivity index (χ3v) is 4.95. The van der Waals surface area contributed by atoms with Crippen LogP contribution in [0.4, 0.5) is 0 Å². The van der Waals surface area contributed by atoms with Gasteiger partial charge in [-0.3, -0.25) is 0 Å². The smallest absolute Gasteiger partial charge is 0.165 e. The number of aromatic nitrogens is 1. The maximum absolute atomic E-state index is 5.58. The monoisotopic (exact) mass is 274 g/mol. The summed E-state index contributed by atoms with van der Waals surface area (Å²) >= 11 is 1.80. The predicted octanol–water partition coefficient (Wildman–Crippen LogP) is 3.84. The summed E-state index contributed by atoms with van der Waals surface area (Å²) in [4.78, 5) is 6.28. The van der Waals surface area contributed by atoms with Gasteiger partial charge in [0.2, 0.25) is 0 Å². The second-order valence-electron chi connectivity index (χ2n) is 5.69. The molecule has 1 N–H and O–H groups in total. The third kappa shape index (κ3) is 2.35. The van der Waals surface area contributed by atoms with E-state index in [0.717, 1.165) is 23.4 Å². The molecule has 0 unspecified atom stereocenters. The summed E-state index contributed by atoms with van der Waals surface area (Å²) in [5.74, 6) is 1.65. The molecule has 0 radical (unpaired) electrons. The van der Waals surface area contributed by atoms with Gasteiger partial charge in [0, 0.05) is 23.4 Å². The van der Waals surface area contributed by atoms with Gasteiger partial charge in [0.25, 0.3) is 0 Å². The molecule has 2 aromatic rings. The molecule has 2 aliphatic carbocycles. The topological polar surface area (TPSA) is 38.1 Å². The minimum Gasteiger partial charge on any atom is -0.462 e. The number of rotatable bonds is 5. The van der Waals surface area contributed by atoms with Gasteiger partial charge in [0.1, 0.15) is 0 Å². The molecule has 0 spiro atoms. The predicted molar refractivity (Wildman–Crippen MR) is 76.4 cm³/mol. The van der Waals surface area contributed by atoms with Crippen LogP contribution in [0.2, 0.25) is 0 Å². The molecule has 0 saturated heterocycles. The Morgan fingerprint density at radius 2 is 2.21 bits per heavy atom. The minimum absolute atomic E-state index is 0.705. The highest BCUT2D eigenvalue weighted by Crippen LogP contribution is 2.44.